The first-order chi connectivity index (χ1) is 9.52. The van der Waals surface area contributed by atoms with Crippen LogP contribution >= 0.6 is 15.9 Å². The number of anilines is 1. The predicted octanol–water partition coefficient (Wildman–Crippen LogP) is 2.83. The highest BCUT2D eigenvalue weighted by atomic mass is 79.9. The molecule has 1 heterocycles. The summed E-state index contributed by atoms with van der Waals surface area (Å²) in [4.78, 5) is 23.8. The first kappa shape index (κ1) is 14.3. The zero-order valence-electron chi connectivity index (χ0n) is 11.0. The third-order valence-electron chi connectivity index (χ3n) is 2.78. The number of carbonyl (C=O) groups is 2. The van der Waals surface area contributed by atoms with Crippen molar-refractivity contribution in [2.75, 3.05) is 12.4 Å². The van der Waals surface area contributed by atoms with E-state index in [0.717, 1.165) is 4.47 Å². The van der Waals surface area contributed by atoms with E-state index in [1.165, 1.54) is 7.11 Å². The molecule has 0 unspecified atom stereocenters. The van der Waals surface area contributed by atoms with E-state index in [4.69, 9.17) is 0 Å². The number of nitrogens with one attached hydrogen (secondary N) is 1. The fourth-order valence-corrected chi connectivity index (χ4v) is 2.34. The van der Waals surface area contributed by atoms with Crippen LogP contribution in [0.1, 0.15) is 20.8 Å². The smallest absolute Gasteiger partial charge is 0.339 e. The Morgan fingerprint density at radius 3 is 2.60 bits per heavy atom. The van der Waals surface area contributed by atoms with Crippen LogP contribution in [0, 0.1) is 0 Å². The highest BCUT2D eigenvalue weighted by molar-refractivity contribution is 9.10. The van der Waals surface area contributed by atoms with Crippen molar-refractivity contribution < 1.29 is 14.3 Å². The van der Waals surface area contributed by atoms with Crippen molar-refractivity contribution in [1.29, 1.82) is 0 Å². The van der Waals surface area contributed by atoms with Gasteiger partial charge in [-0.3, -0.25) is 4.79 Å². The predicted molar refractivity (Wildman–Crippen MR) is 78.8 cm³/mol. The van der Waals surface area contributed by atoms with Gasteiger partial charge in [-0.25, -0.2) is 4.79 Å². The molecule has 6 heteroatoms. The molecule has 0 bridgehead atoms. The number of esters is 1. The summed E-state index contributed by atoms with van der Waals surface area (Å²) < 4.78 is 7.20. The first-order valence-corrected chi connectivity index (χ1v) is 6.62. The van der Waals surface area contributed by atoms with Gasteiger partial charge in [0.2, 0.25) is 0 Å². The summed E-state index contributed by atoms with van der Waals surface area (Å²) in [6.07, 6.45) is 1.78. The summed E-state index contributed by atoms with van der Waals surface area (Å²) in [5.41, 5.74) is 1.22. The molecule has 5 nitrogen and oxygen atoms in total. The van der Waals surface area contributed by atoms with Crippen LogP contribution in [0.25, 0.3) is 0 Å². The molecule has 0 fully saturated rings. The molecular formula is C14H13BrN2O3. The van der Waals surface area contributed by atoms with Gasteiger partial charge in [0, 0.05) is 17.7 Å². The van der Waals surface area contributed by atoms with Crippen molar-refractivity contribution in [3.63, 3.8) is 0 Å². The summed E-state index contributed by atoms with van der Waals surface area (Å²) in [6, 6.07) is 8.41. The number of methoxy groups -OCH3 is 1. The molecular weight excluding hydrogens is 324 g/mol. The van der Waals surface area contributed by atoms with Crippen LogP contribution in [0.2, 0.25) is 0 Å². The molecule has 2 aromatic rings. The average Bonchev–Trinajstić information content (AvgIpc) is 2.77. The fraction of sp³-hybridized carbons (Fsp3) is 0.143. The minimum absolute atomic E-state index is 0.297. The van der Waals surface area contributed by atoms with Gasteiger partial charge in [-0.1, -0.05) is 12.1 Å². The van der Waals surface area contributed by atoms with Crippen LogP contribution in [-0.4, -0.2) is 23.6 Å². The molecule has 20 heavy (non-hydrogen) atoms. The lowest BCUT2D eigenvalue weighted by Crippen LogP contribution is -2.17. The Bertz CT molecular complexity index is 664. The van der Waals surface area contributed by atoms with Gasteiger partial charge in [0.1, 0.15) is 5.69 Å². The minimum atomic E-state index is -0.492. The van der Waals surface area contributed by atoms with Gasteiger partial charge >= 0.3 is 5.97 Å². The van der Waals surface area contributed by atoms with Crippen LogP contribution in [0.15, 0.2) is 41.0 Å². The SMILES string of the molecule is COC(=O)c1ccccc1NC(=O)c1cc(Br)cn1C. The van der Waals surface area contributed by atoms with Crippen molar-refractivity contribution in [2.45, 2.75) is 0 Å². The van der Waals surface area contributed by atoms with Crippen molar-refractivity contribution in [3.8, 4) is 0 Å². The van der Waals surface area contributed by atoms with E-state index < -0.39 is 5.97 Å². The van der Waals surface area contributed by atoms with E-state index >= 15 is 0 Å². The molecule has 104 valence electrons. The third kappa shape index (κ3) is 2.91. The van der Waals surface area contributed by atoms with E-state index in [1.807, 2.05) is 0 Å². The van der Waals surface area contributed by atoms with Crippen molar-refractivity contribution >= 4 is 33.5 Å². The quantitative estimate of drug-likeness (QED) is 0.876. The summed E-state index contributed by atoms with van der Waals surface area (Å²) in [5.74, 6) is -0.788. The normalized spacial score (nSPS) is 10.2. The molecule has 0 spiro atoms. The second kappa shape index (κ2) is 5.92. The van der Waals surface area contributed by atoms with Crippen LogP contribution in [-0.2, 0) is 11.8 Å². The van der Waals surface area contributed by atoms with E-state index in [-0.39, 0.29) is 5.91 Å². The van der Waals surface area contributed by atoms with E-state index in [2.05, 4.69) is 26.0 Å². The number of aromatic nitrogens is 1. The lowest BCUT2D eigenvalue weighted by atomic mass is 10.1. The standard InChI is InChI=1S/C14H13BrN2O3/c1-17-8-9(15)7-12(17)13(18)16-11-6-4-3-5-10(11)14(19)20-2/h3-8H,1-2H3,(H,16,18). The lowest BCUT2D eigenvalue weighted by molar-refractivity contribution is 0.0602. The molecule has 1 N–H and O–H groups in total. The van der Waals surface area contributed by atoms with Crippen molar-refractivity contribution in [3.05, 3.63) is 52.3 Å². The Morgan fingerprint density at radius 1 is 1.30 bits per heavy atom. The number of benzene rings is 1. The maximum absolute atomic E-state index is 12.2. The zero-order chi connectivity index (χ0) is 14.7. The molecule has 2 rings (SSSR count). The highest BCUT2D eigenvalue weighted by Gasteiger charge is 2.16. The number of carbonyl (C=O) groups excluding carboxylic acids is 2. The fourth-order valence-electron chi connectivity index (χ4n) is 1.82. The molecule has 0 radical (unpaired) electrons. The molecule has 0 aliphatic carbocycles. The molecule has 1 aromatic carbocycles. The van der Waals surface area contributed by atoms with Crippen LogP contribution in [0.5, 0.6) is 0 Å². The number of para-hydroxylation sites is 1. The molecule has 0 aliphatic heterocycles. The molecule has 0 saturated carbocycles. The van der Waals surface area contributed by atoms with Gasteiger partial charge in [-0.15, -0.1) is 0 Å². The second-order valence-corrected chi connectivity index (χ2v) is 5.06. The molecule has 0 atom stereocenters. The Morgan fingerprint density at radius 2 is 2.00 bits per heavy atom. The van der Waals surface area contributed by atoms with E-state index in [0.29, 0.717) is 16.9 Å². The number of rotatable bonds is 3. The molecule has 1 aromatic heterocycles. The average molecular weight is 337 g/mol. The first-order valence-electron chi connectivity index (χ1n) is 5.83. The summed E-state index contributed by atoms with van der Waals surface area (Å²) in [5, 5.41) is 2.71. The number of hydrogen-bond acceptors (Lipinski definition) is 3. The Balaban J connectivity index is 2.29. The summed E-state index contributed by atoms with van der Waals surface area (Å²) in [6.45, 7) is 0. The van der Waals surface area contributed by atoms with E-state index in [9.17, 15) is 9.59 Å². The van der Waals surface area contributed by atoms with Crippen LogP contribution in [0.4, 0.5) is 5.69 Å². The largest absolute Gasteiger partial charge is 0.465 e. The summed E-state index contributed by atoms with van der Waals surface area (Å²) in [7, 11) is 3.07. The van der Waals surface area contributed by atoms with Crippen molar-refractivity contribution in [2.24, 2.45) is 7.05 Å². The topological polar surface area (TPSA) is 60.3 Å². The summed E-state index contributed by atoms with van der Waals surface area (Å²) >= 11 is 3.31. The molecule has 1 amide bonds. The van der Waals surface area contributed by atoms with Gasteiger partial charge in [-0.2, -0.15) is 0 Å². The Kier molecular flexibility index (Phi) is 4.24. The number of halogens is 1. The number of ether oxygens (including phenoxy) is 1. The second-order valence-electron chi connectivity index (χ2n) is 4.15. The zero-order valence-corrected chi connectivity index (χ0v) is 12.6. The maximum Gasteiger partial charge on any atom is 0.339 e. The highest BCUT2D eigenvalue weighted by Crippen LogP contribution is 2.19. The molecule has 0 saturated heterocycles. The number of hydrogen-bond donors (Lipinski definition) is 1. The molecule has 0 aliphatic rings. The van der Waals surface area contributed by atoms with Gasteiger partial charge in [0.25, 0.3) is 5.91 Å². The van der Waals surface area contributed by atoms with Gasteiger partial charge in [0.15, 0.2) is 0 Å². The Hall–Kier alpha value is -2.08. The lowest BCUT2D eigenvalue weighted by Gasteiger charge is -2.09. The van der Waals surface area contributed by atoms with Crippen LogP contribution < -0.4 is 5.32 Å². The van der Waals surface area contributed by atoms with Gasteiger partial charge in [-0.05, 0) is 34.1 Å². The third-order valence-corrected chi connectivity index (χ3v) is 3.22. The van der Waals surface area contributed by atoms with Gasteiger partial charge in [0.05, 0.1) is 18.4 Å². The monoisotopic (exact) mass is 336 g/mol. The number of aryl methyl sites for hydroxylation is 1. The maximum atomic E-state index is 12.2. The van der Waals surface area contributed by atoms with Gasteiger partial charge < -0.3 is 14.6 Å². The minimum Gasteiger partial charge on any atom is -0.465 e. The Labute approximate surface area is 124 Å². The number of amides is 1. The van der Waals surface area contributed by atoms with Crippen molar-refractivity contribution in [1.82, 2.24) is 4.57 Å². The number of nitrogens with zero attached hydrogens (tertiary/aromatic N) is 1. The van der Waals surface area contributed by atoms with E-state index in [1.54, 1.807) is 48.1 Å². The van der Waals surface area contributed by atoms with Crippen LogP contribution in [0.3, 0.4) is 0 Å².